The van der Waals surface area contributed by atoms with Gasteiger partial charge in [-0.05, 0) is 18.2 Å². The number of pyridine rings is 1. The van der Waals surface area contributed by atoms with Crippen LogP contribution in [0.15, 0.2) is 54.9 Å². The van der Waals surface area contributed by atoms with Crippen molar-refractivity contribution in [2.45, 2.75) is 6.04 Å². The normalized spacial score (nSPS) is 12.8. The van der Waals surface area contributed by atoms with E-state index in [-0.39, 0.29) is 6.04 Å². The first-order valence-electron chi connectivity index (χ1n) is 5.98. The van der Waals surface area contributed by atoms with Crippen LogP contribution in [0.5, 0.6) is 0 Å². The molecule has 0 radical (unpaired) electrons. The van der Waals surface area contributed by atoms with Crippen molar-refractivity contribution in [2.75, 3.05) is 0 Å². The van der Waals surface area contributed by atoms with Gasteiger partial charge in [-0.1, -0.05) is 24.3 Å². The third-order valence-corrected chi connectivity index (χ3v) is 3.27. The van der Waals surface area contributed by atoms with Gasteiger partial charge in [0, 0.05) is 35.9 Å². The first kappa shape index (κ1) is 11.0. The second-order valence-corrected chi connectivity index (χ2v) is 4.44. The molecule has 0 aliphatic rings. The van der Waals surface area contributed by atoms with E-state index in [9.17, 15) is 0 Å². The van der Waals surface area contributed by atoms with Crippen molar-refractivity contribution in [3.05, 3.63) is 66.1 Å². The van der Waals surface area contributed by atoms with E-state index in [1.165, 1.54) is 10.9 Å². The highest BCUT2D eigenvalue weighted by atomic mass is 14.9. The summed E-state index contributed by atoms with van der Waals surface area (Å²) in [6.07, 6.45) is 3.87. The van der Waals surface area contributed by atoms with E-state index >= 15 is 0 Å². The Bertz CT molecular complexity index is 671. The molecule has 0 saturated heterocycles. The number of hydrogen-bond acceptors (Lipinski definition) is 2. The zero-order chi connectivity index (χ0) is 12.5. The molecule has 90 valence electrons. The summed E-state index contributed by atoms with van der Waals surface area (Å²) in [5.41, 5.74) is 9.53. The molecule has 3 aromatic rings. The Balaban J connectivity index is 2.15. The summed E-state index contributed by atoms with van der Waals surface area (Å²) in [7, 11) is 2.04. The number of fused-ring (bicyclic) bond motifs is 1. The molecule has 3 rings (SSSR count). The molecule has 18 heavy (non-hydrogen) atoms. The van der Waals surface area contributed by atoms with E-state index < -0.39 is 0 Å². The molecule has 0 aliphatic heterocycles. The molecule has 0 amide bonds. The number of nitrogens with zero attached hydrogens (tertiary/aromatic N) is 2. The van der Waals surface area contributed by atoms with Gasteiger partial charge >= 0.3 is 0 Å². The molecule has 2 N–H and O–H groups in total. The second kappa shape index (κ2) is 4.27. The highest BCUT2D eigenvalue weighted by Crippen LogP contribution is 2.27. The molecule has 1 atom stereocenters. The van der Waals surface area contributed by atoms with Crippen molar-refractivity contribution < 1.29 is 0 Å². The van der Waals surface area contributed by atoms with Gasteiger partial charge in [-0.2, -0.15) is 0 Å². The summed E-state index contributed by atoms with van der Waals surface area (Å²) in [5.74, 6) is 0. The molecule has 2 heterocycles. The zero-order valence-electron chi connectivity index (χ0n) is 10.2. The number of benzene rings is 1. The number of rotatable bonds is 2. The Morgan fingerprint density at radius 3 is 2.67 bits per heavy atom. The van der Waals surface area contributed by atoms with Gasteiger partial charge in [-0.3, -0.25) is 4.98 Å². The number of hydrogen-bond donors (Lipinski definition) is 1. The Morgan fingerprint density at radius 1 is 1.11 bits per heavy atom. The van der Waals surface area contributed by atoms with Crippen LogP contribution < -0.4 is 5.73 Å². The van der Waals surface area contributed by atoms with Crippen LogP contribution in [0.1, 0.15) is 17.3 Å². The average molecular weight is 237 g/mol. The molecule has 2 aromatic heterocycles. The largest absolute Gasteiger partial charge is 0.350 e. The van der Waals surface area contributed by atoms with Gasteiger partial charge in [0.05, 0.1) is 11.7 Å². The maximum absolute atomic E-state index is 6.32. The van der Waals surface area contributed by atoms with Crippen LogP contribution in [-0.4, -0.2) is 9.55 Å². The van der Waals surface area contributed by atoms with Crippen LogP contribution in [0.4, 0.5) is 0 Å². The van der Waals surface area contributed by atoms with Gasteiger partial charge < -0.3 is 10.3 Å². The Kier molecular flexibility index (Phi) is 2.61. The fraction of sp³-hybridized carbons (Fsp3) is 0.133. The zero-order valence-corrected chi connectivity index (χ0v) is 10.2. The van der Waals surface area contributed by atoms with E-state index in [1.807, 2.05) is 37.4 Å². The van der Waals surface area contributed by atoms with Crippen molar-refractivity contribution in [2.24, 2.45) is 12.8 Å². The Labute approximate surface area is 106 Å². The maximum atomic E-state index is 6.32. The summed E-state index contributed by atoms with van der Waals surface area (Å²) in [4.78, 5) is 4.34. The number of aromatic nitrogens is 2. The molecule has 0 fully saturated rings. The van der Waals surface area contributed by atoms with Gasteiger partial charge in [0.2, 0.25) is 0 Å². The third kappa shape index (κ3) is 1.69. The van der Waals surface area contributed by atoms with Gasteiger partial charge in [0.1, 0.15) is 0 Å². The van der Waals surface area contributed by atoms with Crippen LogP contribution in [0.2, 0.25) is 0 Å². The molecule has 1 unspecified atom stereocenters. The first-order chi connectivity index (χ1) is 8.77. The summed E-state index contributed by atoms with van der Waals surface area (Å²) >= 11 is 0. The van der Waals surface area contributed by atoms with Crippen LogP contribution in [0.25, 0.3) is 10.9 Å². The molecule has 0 saturated carbocycles. The summed E-state index contributed by atoms with van der Waals surface area (Å²) in [5, 5.41) is 1.19. The summed E-state index contributed by atoms with van der Waals surface area (Å²) in [6.45, 7) is 0. The lowest BCUT2D eigenvalue weighted by molar-refractivity contribution is 0.825. The number of aryl methyl sites for hydroxylation is 1. The smallest absolute Gasteiger partial charge is 0.0747 e. The minimum absolute atomic E-state index is 0.183. The monoisotopic (exact) mass is 237 g/mol. The SMILES string of the molecule is Cn1cc(C(N)c2ccccn2)c2ccccc21. The van der Waals surface area contributed by atoms with Gasteiger partial charge in [-0.25, -0.2) is 0 Å². The van der Waals surface area contributed by atoms with Gasteiger partial charge in [0.15, 0.2) is 0 Å². The van der Waals surface area contributed by atoms with Crippen molar-refractivity contribution in [1.82, 2.24) is 9.55 Å². The molecular formula is C15H15N3. The molecule has 3 nitrogen and oxygen atoms in total. The predicted octanol–water partition coefficient (Wildman–Crippen LogP) is 2.62. The second-order valence-electron chi connectivity index (χ2n) is 4.44. The molecule has 0 aliphatic carbocycles. The van der Waals surface area contributed by atoms with E-state index in [2.05, 4.69) is 27.9 Å². The quantitative estimate of drug-likeness (QED) is 0.744. The minimum atomic E-state index is -0.183. The topological polar surface area (TPSA) is 43.8 Å². The maximum Gasteiger partial charge on any atom is 0.0747 e. The van der Waals surface area contributed by atoms with Crippen molar-refractivity contribution in [3.8, 4) is 0 Å². The molecule has 1 aromatic carbocycles. The highest BCUT2D eigenvalue weighted by Gasteiger charge is 2.15. The van der Waals surface area contributed by atoms with Gasteiger partial charge in [0.25, 0.3) is 0 Å². The molecular weight excluding hydrogens is 222 g/mol. The Hall–Kier alpha value is -2.13. The van der Waals surface area contributed by atoms with Crippen LogP contribution in [0, 0.1) is 0 Å². The average Bonchev–Trinajstić information content (AvgIpc) is 2.77. The predicted molar refractivity (Wildman–Crippen MR) is 73.2 cm³/mol. The fourth-order valence-corrected chi connectivity index (χ4v) is 2.34. The first-order valence-corrected chi connectivity index (χ1v) is 5.98. The molecule has 0 spiro atoms. The van der Waals surface area contributed by atoms with Crippen LogP contribution in [0.3, 0.4) is 0 Å². The fourth-order valence-electron chi connectivity index (χ4n) is 2.34. The van der Waals surface area contributed by atoms with E-state index in [4.69, 9.17) is 5.73 Å². The molecule has 3 heteroatoms. The van der Waals surface area contributed by atoms with Crippen molar-refractivity contribution in [3.63, 3.8) is 0 Å². The van der Waals surface area contributed by atoms with Crippen molar-refractivity contribution in [1.29, 1.82) is 0 Å². The molecule has 0 bridgehead atoms. The lowest BCUT2D eigenvalue weighted by Gasteiger charge is -2.09. The van der Waals surface area contributed by atoms with Crippen molar-refractivity contribution >= 4 is 10.9 Å². The standard InChI is InChI=1S/C15H15N3/c1-18-10-12(11-6-2-3-8-14(11)18)15(16)13-7-4-5-9-17-13/h2-10,15H,16H2,1H3. The summed E-state index contributed by atoms with van der Waals surface area (Å²) < 4.78 is 2.10. The third-order valence-electron chi connectivity index (χ3n) is 3.27. The van der Waals surface area contributed by atoms with E-state index in [0.29, 0.717) is 0 Å². The van der Waals surface area contributed by atoms with Crippen LogP contribution >= 0.6 is 0 Å². The summed E-state index contributed by atoms with van der Waals surface area (Å²) in [6, 6.07) is 13.9. The number of para-hydroxylation sites is 1. The van der Waals surface area contributed by atoms with E-state index in [0.717, 1.165) is 11.3 Å². The minimum Gasteiger partial charge on any atom is -0.350 e. The van der Waals surface area contributed by atoms with E-state index in [1.54, 1.807) is 6.20 Å². The van der Waals surface area contributed by atoms with Gasteiger partial charge in [-0.15, -0.1) is 0 Å². The lowest BCUT2D eigenvalue weighted by Crippen LogP contribution is -2.12. The Morgan fingerprint density at radius 2 is 1.89 bits per heavy atom. The highest BCUT2D eigenvalue weighted by molar-refractivity contribution is 5.84. The lowest BCUT2D eigenvalue weighted by atomic mass is 10.0. The number of nitrogens with two attached hydrogens (primary N) is 1. The van der Waals surface area contributed by atoms with Crippen LogP contribution in [-0.2, 0) is 7.05 Å².